The predicted molar refractivity (Wildman–Crippen MR) is 45.6 cm³/mol. The van der Waals surface area contributed by atoms with Gasteiger partial charge in [0.25, 0.3) is 0 Å². The first-order chi connectivity index (χ1) is 6.49. The van der Waals surface area contributed by atoms with E-state index in [4.69, 9.17) is 0 Å². The van der Waals surface area contributed by atoms with Crippen LogP contribution in [0, 0.1) is 5.92 Å². The van der Waals surface area contributed by atoms with Crippen LogP contribution in [0.2, 0.25) is 0 Å². The van der Waals surface area contributed by atoms with Gasteiger partial charge in [0, 0.05) is 18.9 Å². The molecule has 14 heavy (non-hydrogen) atoms. The lowest BCUT2D eigenvalue weighted by molar-refractivity contribution is -0.138. The molecule has 1 N–H and O–H groups in total. The molecule has 82 valence electrons. The number of hydrogen-bond donors (Lipinski definition) is 1. The van der Waals surface area contributed by atoms with Crippen LogP contribution in [0.5, 0.6) is 0 Å². The van der Waals surface area contributed by atoms with E-state index < -0.39 is 12.6 Å². The third-order valence-electron chi connectivity index (χ3n) is 2.41. The summed E-state index contributed by atoms with van der Waals surface area (Å²) >= 11 is 0. The second-order valence-corrected chi connectivity index (χ2v) is 3.64. The van der Waals surface area contributed by atoms with Crippen LogP contribution in [-0.4, -0.2) is 18.6 Å². The number of carbonyl (C=O) groups excluding carboxylic acids is 1. The van der Waals surface area contributed by atoms with Gasteiger partial charge in [-0.3, -0.25) is 4.79 Å². The number of nitrogens with one attached hydrogen (secondary N) is 1. The largest absolute Gasteiger partial charge is 0.389 e. The number of rotatable bonds is 3. The molecule has 0 saturated carbocycles. The summed E-state index contributed by atoms with van der Waals surface area (Å²) in [4.78, 5) is 11.2. The lowest BCUT2D eigenvalue weighted by atomic mass is 9.93. The topological polar surface area (TPSA) is 29.1 Å². The van der Waals surface area contributed by atoms with E-state index in [2.05, 4.69) is 5.32 Å². The van der Waals surface area contributed by atoms with Crippen molar-refractivity contribution in [1.82, 2.24) is 5.32 Å². The van der Waals surface area contributed by atoms with Gasteiger partial charge in [-0.05, 0) is 25.7 Å². The van der Waals surface area contributed by atoms with Crippen molar-refractivity contribution in [2.75, 3.05) is 6.54 Å². The Morgan fingerprint density at radius 3 is 2.71 bits per heavy atom. The quantitative estimate of drug-likeness (QED) is 0.758. The molecule has 2 nitrogen and oxygen atoms in total. The molecule has 0 aromatic heterocycles. The van der Waals surface area contributed by atoms with E-state index in [1.54, 1.807) is 0 Å². The smallest absolute Gasteiger partial charge is 0.356 e. The van der Waals surface area contributed by atoms with Crippen molar-refractivity contribution >= 4 is 5.91 Å². The summed E-state index contributed by atoms with van der Waals surface area (Å²) in [6, 6.07) is 0. The molecule has 1 atom stereocenters. The zero-order chi connectivity index (χ0) is 10.6. The summed E-state index contributed by atoms with van der Waals surface area (Å²) in [5.74, 6) is -0.287. The van der Waals surface area contributed by atoms with Gasteiger partial charge in [0.05, 0.1) is 0 Å². The summed E-state index contributed by atoms with van der Waals surface area (Å²) in [5.41, 5.74) is 0. The molecular formula is C9H14F3NO. The summed E-state index contributed by atoms with van der Waals surface area (Å²) in [5, 5.41) is 2.66. The molecule has 0 aliphatic carbocycles. The van der Waals surface area contributed by atoms with Crippen LogP contribution >= 0.6 is 0 Å². The van der Waals surface area contributed by atoms with E-state index in [0.717, 1.165) is 12.8 Å². The fourth-order valence-corrected chi connectivity index (χ4v) is 1.66. The molecular weight excluding hydrogens is 195 g/mol. The molecule has 1 heterocycles. The maximum absolute atomic E-state index is 11.8. The SMILES string of the molecule is O=C1NCCCC1CCCC(F)(F)F. The molecule has 1 fully saturated rings. The molecule has 1 saturated heterocycles. The maximum atomic E-state index is 11.8. The van der Waals surface area contributed by atoms with Crippen LogP contribution < -0.4 is 5.32 Å². The van der Waals surface area contributed by atoms with Gasteiger partial charge in [-0.1, -0.05) is 0 Å². The number of amides is 1. The first kappa shape index (κ1) is 11.3. The number of hydrogen-bond acceptors (Lipinski definition) is 1. The van der Waals surface area contributed by atoms with Crippen molar-refractivity contribution in [3.05, 3.63) is 0 Å². The van der Waals surface area contributed by atoms with Crippen LogP contribution in [0.25, 0.3) is 0 Å². The zero-order valence-corrected chi connectivity index (χ0v) is 7.86. The fourth-order valence-electron chi connectivity index (χ4n) is 1.66. The molecule has 0 spiro atoms. The average molecular weight is 209 g/mol. The molecule has 0 bridgehead atoms. The Kier molecular flexibility index (Phi) is 3.77. The standard InChI is InChI=1S/C9H14F3NO/c10-9(11,12)5-1-3-7-4-2-6-13-8(7)14/h7H,1-6H2,(H,13,14). The summed E-state index contributed by atoms with van der Waals surface area (Å²) in [6.07, 6.45) is -2.86. The van der Waals surface area contributed by atoms with Gasteiger partial charge >= 0.3 is 6.18 Å². The lowest BCUT2D eigenvalue weighted by Crippen LogP contribution is -2.36. The van der Waals surface area contributed by atoms with Gasteiger partial charge in [0.2, 0.25) is 5.91 Å². The molecule has 0 aromatic rings. The molecule has 0 radical (unpaired) electrons. The van der Waals surface area contributed by atoms with Crippen LogP contribution in [0.4, 0.5) is 13.2 Å². The first-order valence-electron chi connectivity index (χ1n) is 4.83. The van der Waals surface area contributed by atoms with Gasteiger partial charge < -0.3 is 5.32 Å². The van der Waals surface area contributed by atoms with Gasteiger partial charge in [0.15, 0.2) is 0 Å². The Hall–Kier alpha value is -0.740. The zero-order valence-electron chi connectivity index (χ0n) is 7.86. The third kappa shape index (κ3) is 3.98. The Morgan fingerprint density at radius 1 is 1.43 bits per heavy atom. The van der Waals surface area contributed by atoms with Gasteiger partial charge in [-0.15, -0.1) is 0 Å². The molecule has 1 aliphatic heterocycles. The van der Waals surface area contributed by atoms with Crippen molar-refractivity contribution in [2.45, 2.75) is 38.3 Å². The highest BCUT2D eigenvalue weighted by Crippen LogP contribution is 2.25. The second kappa shape index (κ2) is 4.66. The Morgan fingerprint density at radius 2 is 2.14 bits per heavy atom. The fraction of sp³-hybridized carbons (Fsp3) is 0.889. The van der Waals surface area contributed by atoms with Crippen molar-refractivity contribution < 1.29 is 18.0 Å². The minimum atomic E-state index is -4.09. The van der Waals surface area contributed by atoms with Crippen molar-refractivity contribution in [3.63, 3.8) is 0 Å². The molecule has 1 amide bonds. The van der Waals surface area contributed by atoms with E-state index in [0.29, 0.717) is 13.0 Å². The normalized spacial score (nSPS) is 23.4. The highest BCUT2D eigenvalue weighted by molar-refractivity contribution is 5.79. The van der Waals surface area contributed by atoms with E-state index in [-0.39, 0.29) is 18.2 Å². The third-order valence-corrected chi connectivity index (χ3v) is 2.41. The highest BCUT2D eigenvalue weighted by Gasteiger charge is 2.28. The summed E-state index contributed by atoms with van der Waals surface area (Å²) < 4.78 is 35.4. The monoisotopic (exact) mass is 209 g/mol. The van der Waals surface area contributed by atoms with Gasteiger partial charge in [0.1, 0.15) is 0 Å². The van der Waals surface area contributed by atoms with E-state index >= 15 is 0 Å². The summed E-state index contributed by atoms with van der Waals surface area (Å²) in [6.45, 7) is 0.661. The van der Waals surface area contributed by atoms with Crippen LogP contribution in [-0.2, 0) is 4.79 Å². The minimum Gasteiger partial charge on any atom is -0.356 e. The minimum absolute atomic E-state index is 0.0571. The average Bonchev–Trinajstić information content (AvgIpc) is 2.06. The Balaban J connectivity index is 2.20. The van der Waals surface area contributed by atoms with Gasteiger partial charge in [-0.25, -0.2) is 0 Å². The van der Waals surface area contributed by atoms with Crippen LogP contribution in [0.15, 0.2) is 0 Å². The van der Waals surface area contributed by atoms with Crippen molar-refractivity contribution in [1.29, 1.82) is 0 Å². The second-order valence-electron chi connectivity index (χ2n) is 3.64. The number of carbonyl (C=O) groups is 1. The van der Waals surface area contributed by atoms with E-state index in [1.807, 2.05) is 0 Å². The summed E-state index contributed by atoms with van der Waals surface area (Å²) in [7, 11) is 0. The first-order valence-corrected chi connectivity index (χ1v) is 4.83. The molecule has 0 aromatic carbocycles. The number of halogens is 3. The van der Waals surface area contributed by atoms with Crippen molar-refractivity contribution in [2.24, 2.45) is 5.92 Å². The Labute approximate surface area is 80.9 Å². The Bertz CT molecular complexity index is 203. The predicted octanol–water partition coefficient (Wildman–Crippen LogP) is 2.25. The van der Waals surface area contributed by atoms with E-state index in [9.17, 15) is 18.0 Å². The lowest BCUT2D eigenvalue weighted by Gasteiger charge is -2.21. The number of piperidine rings is 1. The van der Waals surface area contributed by atoms with E-state index in [1.165, 1.54) is 0 Å². The van der Waals surface area contributed by atoms with Gasteiger partial charge in [-0.2, -0.15) is 13.2 Å². The highest BCUT2D eigenvalue weighted by atomic mass is 19.4. The molecule has 1 rings (SSSR count). The molecule has 5 heteroatoms. The number of alkyl halides is 3. The van der Waals surface area contributed by atoms with Crippen LogP contribution in [0.1, 0.15) is 32.1 Å². The van der Waals surface area contributed by atoms with Crippen LogP contribution in [0.3, 0.4) is 0 Å². The van der Waals surface area contributed by atoms with Crippen molar-refractivity contribution in [3.8, 4) is 0 Å². The molecule has 1 unspecified atom stereocenters. The molecule has 1 aliphatic rings. The maximum Gasteiger partial charge on any atom is 0.389 e.